The van der Waals surface area contributed by atoms with Crippen molar-refractivity contribution in [1.82, 2.24) is 9.88 Å². The first-order chi connectivity index (χ1) is 14.6. The third-order valence-corrected chi connectivity index (χ3v) is 6.51. The van der Waals surface area contributed by atoms with E-state index in [1.807, 2.05) is 47.4 Å². The van der Waals surface area contributed by atoms with Crippen LogP contribution in [0.25, 0.3) is 10.9 Å². The van der Waals surface area contributed by atoms with Gasteiger partial charge in [-0.25, -0.2) is 4.98 Å². The van der Waals surface area contributed by atoms with Crippen molar-refractivity contribution in [3.05, 3.63) is 71.4 Å². The maximum absolute atomic E-state index is 13.1. The van der Waals surface area contributed by atoms with Crippen LogP contribution in [0.4, 0.5) is 0 Å². The lowest BCUT2D eigenvalue weighted by Crippen LogP contribution is -2.42. The van der Waals surface area contributed by atoms with Crippen LogP contribution in [0.15, 0.2) is 60.7 Å². The van der Waals surface area contributed by atoms with E-state index in [1.54, 1.807) is 18.2 Å². The van der Waals surface area contributed by atoms with Gasteiger partial charge in [0.1, 0.15) is 17.5 Å². The van der Waals surface area contributed by atoms with E-state index in [-0.39, 0.29) is 17.9 Å². The molecule has 1 aromatic heterocycles. The number of aliphatic hydroxyl groups is 1. The minimum Gasteiger partial charge on any atom is -0.488 e. The van der Waals surface area contributed by atoms with Gasteiger partial charge in [0.05, 0.1) is 11.6 Å². The van der Waals surface area contributed by atoms with Gasteiger partial charge >= 0.3 is 0 Å². The molecule has 1 N–H and O–H groups in total. The zero-order valence-corrected chi connectivity index (χ0v) is 17.2. The monoisotopic (exact) mass is 422 g/mol. The lowest BCUT2D eigenvalue weighted by Gasteiger charge is -2.35. The second-order valence-corrected chi connectivity index (χ2v) is 8.71. The molecule has 30 heavy (non-hydrogen) atoms. The number of rotatable bonds is 3. The summed E-state index contributed by atoms with van der Waals surface area (Å²) in [5.74, 6) is 1.21. The van der Waals surface area contributed by atoms with Crippen LogP contribution >= 0.6 is 11.6 Å². The number of para-hydroxylation sites is 1. The second kappa shape index (κ2) is 7.89. The van der Waals surface area contributed by atoms with Crippen LogP contribution < -0.4 is 4.74 Å². The topological polar surface area (TPSA) is 62.7 Å². The number of carbonyl (C=O) groups excluding carboxylic acids is 1. The number of carbonyl (C=O) groups is 1. The molecule has 2 aromatic carbocycles. The maximum atomic E-state index is 13.1. The van der Waals surface area contributed by atoms with Gasteiger partial charge in [-0.2, -0.15) is 0 Å². The summed E-state index contributed by atoms with van der Waals surface area (Å²) < 4.78 is 6.03. The zero-order chi connectivity index (χ0) is 20.7. The number of pyridine rings is 1. The Hall–Kier alpha value is -2.63. The maximum Gasteiger partial charge on any atom is 0.272 e. The van der Waals surface area contributed by atoms with E-state index in [9.17, 15) is 9.90 Å². The molecule has 0 unspecified atom stereocenters. The van der Waals surface area contributed by atoms with Crippen LogP contribution in [-0.2, 0) is 0 Å². The molecule has 4 atom stereocenters. The number of fused-ring (bicyclic) bond motifs is 2. The fourth-order valence-electron chi connectivity index (χ4n) is 4.74. The molecule has 1 saturated heterocycles. The van der Waals surface area contributed by atoms with Gasteiger partial charge in [-0.3, -0.25) is 4.79 Å². The number of hydrogen-bond acceptors (Lipinski definition) is 4. The van der Waals surface area contributed by atoms with Crippen molar-refractivity contribution in [1.29, 1.82) is 0 Å². The molecule has 6 heteroatoms. The Morgan fingerprint density at radius 2 is 1.83 bits per heavy atom. The molecule has 0 radical (unpaired) electrons. The number of likely N-dealkylation sites (tertiary alicyclic amines) is 1. The fourth-order valence-corrected chi connectivity index (χ4v) is 4.93. The molecule has 0 spiro atoms. The van der Waals surface area contributed by atoms with Crippen LogP contribution in [0.3, 0.4) is 0 Å². The Balaban J connectivity index is 1.28. The first-order valence-electron chi connectivity index (χ1n) is 10.3. The Labute approximate surface area is 180 Å². The highest BCUT2D eigenvalue weighted by Crippen LogP contribution is 2.38. The summed E-state index contributed by atoms with van der Waals surface area (Å²) in [4.78, 5) is 19.5. The predicted octanol–water partition coefficient (Wildman–Crippen LogP) is 4.18. The molecule has 1 aliphatic heterocycles. The van der Waals surface area contributed by atoms with Crippen molar-refractivity contribution in [2.75, 3.05) is 13.1 Å². The van der Waals surface area contributed by atoms with Crippen LogP contribution in [0.5, 0.6) is 5.75 Å². The van der Waals surface area contributed by atoms with E-state index in [1.165, 1.54) is 0 Å². The Morgan fingerprint density at radius 1 is 1.03 bits per heavy atom. The largest absolute Gasteiger partial charge is 0.488 e. The number of aromatic nitrogens is 1. The van der Waals surface area contributed by atoms with Crippen molar-refractivity contribution < 1.29 is 14.6 Å². The van der Waals surface area contributed by atoms with E-state index in [0.29, 0.717) is 48.3 Å². The fraction of sp³-hybridized carbons (Fsp3) is 0.333. The molecular formula is C24H23ClN2O3. The first kappa shape index (κ1) is 19.3. The summed E-state index contributed by atoms with van der Waals surface area (Å²) in [5.41, 5.74) is 1.30. The Bertz CT molecular complexity index is 1090. The van der Waals surface area contributed by atoms with E-state index >= 15 is 0 Å². The Kier molecular flexibility index (Phi) is 5.09. The predicted molar refractivity (Wildman–Crippen MR) is 116 cm³/mol. The van der Waals surface area contributed by atoms with Gasteiger partial charge in [0.15, 0.2) is 0 Å². The first-order valence-corrected chi connectivity index (χ1v) is 10.7. The van der Waals surface area contributed by atoms with Crippen LogP contribution in [0.2, 0.25) is 5.02 Å². The quantitative estimate of drug-likeness (QED) is 0.687. The lowest BCUT2D eigenvalue weighted by molar-refractivity contribution is -0.0231. The van der Waals surface area contributed by atoms with Crippen molar-refractivity contribution in [2.24, 2.45) is 11.8 Å². The van der Waals surface area contributed by atoms with Crippen LogP contribution in [-0.4, -0.2) is 46.2 Å². The van der Waals surface area contributed by atoms with E-state index in [2.05, 4.69) is 4.98 Å². The Morgan fingerprint density at radius 3 is 2.67 bits per heavy atom. The molecule has 0 bridgehead atoms. The average Bonchev–Trinajstić information content (AvgIpc) is 3.16. The molecule has 1 saturated carbocycles. The molecule has 1 aliphatic carbocycles. The summed E-state index contributed by atoms with van der Waals surface area (Å²) in [6, 6.07) is 18.8. The SMILES string of the molecule is O=C(c1ccc2ccccc2n1)N1C[C@H]2C[C@@H](Oc3cccc(Cl)c3)[C@H](O)C[C@H]2C1. The van der Waals surface area contributed by atoms with E-state index in [0.717, 1.165) is 10.9 Å². The third-order valence-electron chi connectivity index (χ3n) is 6.27. The molecule has 2 heterocycles. The number of amides is 1. The molecule has 2 fully saturated rings. The van der Waals surface area contributed by atoms with E-state index in [4.69, 9.17) is 16.3 Å². The lowest BCUT2D eigenvalue weighted by atomic mass is 9.78. The van der Waals surface area contributed by atoms with E-state index < -0.39 is 6.10 Å². The van der Waals surface area contributed by atoms with Crippen molar-refractivity contribution in [3.63, 3.8) is 0 Å². The highest BCUT2D eigenvalue weighted by atomic mass is 35.5. The van der Waals surface area contributed by atoms with Crippen molar-refractivity contribution >= 4 is 28.4 Å². The van der Waals surface area contributed by atoms with Gasteiger partial charge in [0, 0.05) is 23.5 Å². The van der Waals surface area contributed by atoms with Gasteiger partial charge in [-0.05, 0) is 55.0 Å². The van der Waals surface area contributed by atoms with Gasteiger partial charge < -0.3 is 14.7 Å². The van der Waals surface area contributed by atoms with Crippen molar-refractivity contribution in [3.8, 4) is 5.75 Å². The smallest absolute Gasteiger partial charge is 0.272 e. The standard InChI is InChI=1S/C24H23ClN2O3/c25-18-5-3-6-19(12-18)30-23-11-17-14-27(13-16(17)10-22(23)28)24(29)21-9-8-15-4-1-2-7-20(15)26-21/h1-9,12,16-17,22-23,28H,10-11,13-14H2/t16-,17+,22+,23+/m0/s1. The summed E-state index contributed by atoms with van der Waals surface area (Å²) in [6.45, 7) is 1.32. The van der Waals surface area contributed by atoms with Gasteiger partial charge in [-0.15, -0.1) is 0 Å². The minimum atomic E-state index is -0.556. The van der Waals surface area contributed by atoms with Crippen molar-refractivity contribution in [2.45, 2.75) is 25.0 Å². The van der Waals surface area contributed by atoms with Crippen LogP contribution in [0, 0.1) is 11.8 Å². The molecule has 5 nitrogen and oxygen atoms in total. The second-order valence-electron chi connectivity index (χ2n) is 8.27. The minimum absolute atomic E-state index is 0.0445. The number of nitrogens with zero attached hydrogens (tertiary/aromatic N) is 2. The number of ether oxygens (including phenoxy) is 1. The number of hydrogen-bond donors (Lipinski definition) is 1. The summed E-state index contributed by atoms with van der Waals surface area (Å²) in [6.07, 6.45) is 0.496. The third kappa shape index (κ3) is 3.75. The molecule has 2 aliphatic rings. The highest BCUT2D eigenvalue weighted by molar-refractivity contribution is 6.30. The highest BCUT2D eigenvalue weighted by Gasteiger charge is 2.44. The summed E-state index contributed by atoms with van der Waals surface area (Å²) in [5, 5.41) is 12.3. The number of aliphatic hydroxyl groups excluding tert-OH is 1. The van der Waals surface area contributed by atoms with Gasteiger partial charge in [0.2, 0.25) is 0 Å². The number of halogens is 1. The average molecular weight is 423 g/mol. The normalized spacial score (nSPS) is 25.9. The molecular weight excluding hydrogens is 400 g/mol. The van der Waals surface area contributed by atoms with Gasteiger partial charge in [0.25, 0.3) is 5.91 Å². The molecule has 154 valence electrons. The molecule has 3 aromatic rings. The summed E-state index contributed by atoms with van der Waals surface area (Å²) in [7, 11) is 0. The zero-order valence-electron chi connectivity index (χ0n) is 16.4. The van der Waals surface area contributed by atoms with Crippen LogP contribution in [0.1, 0.15) is 23.3 Å². The summed E-state index contributed by atoms with van der Waals surface area (Å²) >= 11 is 6.04. The number of benzene rings is 2. The molecule has 5 rings (SSSR count). The van der Waals surface area contributed by atoms with Gasteiger partial charge in [-0.1, -0.05) is 41.9 Å². The molecule has 1 amide bonds.